The van der Waals surface area contributed by atoms with E-state index in [-0.39, 0.29) is 0 Å². The lowest BCUT2D eigenvalue weighted by Gasteiger charge is -2.13. The first kappa shape index (κ1) is 20.7. The molecule has 0 bridgehead atoms. The van der Waals surface area contributed by atoms with Gasteiger partial charge in [-0.1, -0.05) is 11.6 Å². The van der Waals surface area contributed by atoms with Crippen molar-refractivity contribution in [3.63, 3.8) is 0 Å². The van der Waals surface area contributed by atoms with E-state index in [9.17, 15) is 0 Å². The van der Waals surface area contributed by atoms with Gasteiger partial charge >= 0.3 is 11.9 Å². The molecule has 22 heavy (non-hydrogen) atoms. The lowest BCUT2D eigenvalue weighted by Crippen LogP contribution is -2.15. The van der Waals surface area contributed by atoms with Gasteiger partial charge in [-0.15, -0.1) is 0 Å². The minimum Gasteiger partial charge on any atom is -0.491 e. The molecule has 0 aliphatic rings. The predicted octanol–water partition coefficient (Wildman–Crippen LogP) is 2.90. The molecule has 0 radical (unpaired) electrons. The summed E-state index contributed by atoms with van der Waals surface area (Å²) in [6.45, 7) is 3.70. The molecule has 124 valence electrons. The molecule has 0 unspecified atom stereocenters. The van der Waals surface area contributed by atoms with Crippen LogP contribution in [-0.2, 0) is 9.59 Å². The van der Waals surface area contributed by atoms with Crippen molar-refractivity contribution in [2.24, 2.45) is 0 Å². The summed E-state index contributed by atoms with van der Waals surface area (Å²) in [5.74, 6) is -2.91. The van der Waals surface area contributed by atoms with Crippen LogP contribution in [0, 0.1) is 6.92 Å². The van der Waals surface area contributed by atoms with Crippen LogP contribution in [0.1, 0.15) is 12.0 Å². The van der Waals surface area contributed by atoms with Gasteiger partial charge < -0.3 is 19.8 Å². The van der Waals surface area contributed by atoms with E-state index in [2.05, 4.69) is 34.9 Å². The van der Waals surface area contributed by atoms with E-state index in [4.69, 9.17) is 36.1 Å². The number of rotatable bonds is 5. The van der Waals surface area contributed by atoms with Crippen molar-refractivity contribution in [2.45, 2.75) is 13.3 Å². The Bertz CT molecular complexity index is 487. The third kappa shape index (κ3) is 8.86. The zero-order valence-corrected chi connectivity index (χ0v) is 14.9. The maximum atomic E-state index is 9.10. The summed E-state index contributed by atoms with van der Waals surface area (Å²) in [6, 6.07) is 3.92. The van der Waals surface area contributed by atoms with Gasteiger partial charge in [-0.3, -0.25) is 0 Å². The van der Waals surface area contributed by atoms with Gasteiger partial charge in [0.2, 0.25) is 0 Å². The number of ether oxygens (including phenoxy) is 1. The normalized spacial score (nSPS) is 9.91. The summed E-state index contributed by atoms with van der Waals surface area (Å²) in [4.78, 5) is 20.3. The van der Waals surface area contributed by atoms with Crippen molar-refractivity contribution in [3.05, 3.63) is 27.2 Å². The number of hydrogen-bond donors (Lipinski definition) is 2. The highest BCUT2D eigenvalue weighted by Gasteiger charge is 2.07. The molecular weight excluding hydrogens is 378 g/mol. The fourth-order valence-corrected chi connectivity index (χ4v) is 2.51. The number of carboxylic acid groups (broad SMARTS) is 2. The summed E-state index contributed by atoms with van der Waals surface area (Å²) in [7, 11) is 4.10. The number of benzene rings is 1. The molecule has 0 saturated carbocycles. The molecule has 0 amide bonds. The molecule has 1 aromatic carbocycles. The molecule has 0 atom stereocenters. The van der Waals surface area contributed by atoms with Crippen LogP contribution >= 0.6 is 27.5 Å². The van der Waals surface area contributed by atoms with Crippen molar-refractivity contribution >= 4 is 39.5 Å². The second-order valence-corrected chi connectivity index (χ2v) is 5.93. The third-order valence-corrected chi connectivity index (χ3v) is 3.19. The number of aliphatic carboxylic acids is 2. The van der Waals surface area contributed by atoms with Gasteiger partial charge in [-0.2, -0.15) is 0 Å². The zero-order valence-electron chi connectivity index (χ0n) is 12.6. The standard InChI is InChI=1S/C12H17BrClNO.C2H2O4/c1-9-7-10(13)12(11(14)8-9)16-6-4-5-15(2)3;3-1(4)2(5)6/h7-8H,4-6H2,1-3H3;(H,3,4)(H,5,6). The van der Waals surface area contributed by atoms with Gasteiger partial charge in [-0.25, -0.2) is 9.59 Å². The topological polar surface area (TPSA) is 87.1 Å². The van der Waals surface area contributed by atoms with Crippen LogP contribution < -0.4 is 4.74 Å². The summed E-state index contributed by atoms with van der Waals surface area (Å²) >= 11 is 9.57. The van der Waals surface area contributed by atoms with Gasteiger partial charge in [0.15, 0.2) is 5.75 Å². The van der Waals surface area contributed by atoms with E-state index >= 15 is 0 Å². The average molecular weight is 397 g/mol. The molecular formula is C14H19BrClNO5. The number of carbonyl (C=O) groups is 2. The molecule has 2 N–H and O–H groups in total. The monoisotopic (exact) mass is 395 g/mol. The summed E-state index contributed by atoms with van der Waals surface area (Å²) in [5.41, 5.74) is 1.12. The van der Waals surface area contributed by atoms with Crippen LogP contribution in [0.2, 0.25) is 5.02 Å². The van der Waals surface area contributed by atoms with Gasteiger partial charge in [-0.05, 0) is 61.1 Å². The third-order valence-electron chi connectivity index (χ3n) is 2.32. The Hall–Kier alpha value is -1.31. The first-order chi connectivity index (χ1) is 10.1. The van der Waals surface area contributed by atoms with E-state index < -0.39 is 11.9 Å². The minimum atomic E-state index is -1.82. The second-order valence-electron chi connectivity index (χ2n) is 4.67. The molecule has 1 aromatic rings. The lowest BCUT2D eigenvalue weighted by molar-refractivity contribution is -0.159. The van der Waals surface area contributed by atoms with Crippen LogP contribution in [-0.4, -0.2) is 54.3 Å². The molecule has 0 saturated heterocycles. The molecule has 0 fully saturated rings. The first-order valence-electron chi connectivity index (χ1n) is 6.34. The number of aryl methyl sites for hydroxylation is 1. The summed E-state index contributed by atoms with van der Waals surface area (Å²) < 4.78 is 6.59. The summed E-state index contributed by atoms with van der Waals surface area (Å²) in [5, 5.41) is 15.4. The highest BCUT2D eigenvalue weighted by atomic mass is 79.9. The van der Waals surface area contributed by atoms with Gasteiger partial charge in [0.1, 0.15) is 0 Å². The van der Waals surface area contributed by atoms with Crippen molar-refractivity contribution in [1.82, 2.24) is 4.90 Å². The van der Waals surface area contributed by atoms with Crippen molar-refractivity contribution in [2.75, 3.05) is 27.2 Å². The Morgan fingerprint density at radius 2 is 1.82 bits per heavy atom. The fourth-order valence-electron chi connectivity index (χ4n) is 1.38. The molecule has 0 spiro atoms. The maximum Gasteiger partial charge on any atom is 0.414 e. The highest BCUT2D eigenvalue weighted by Crippen LogP contribution is 2.34. The van der Waals surface area contributed by atoms with E-state index in [1.165, 1.54) is 0 Å². The Balaban J connectivity index is 0.000000626. The molecule has 0 aliphatic heterocycles. The molecule has 0 heterocycles. The second kappa shape index (κ2) is 10.4. The van der Waals surface area contributed by atoms with Crippen LogP contribution in [0.25, 0.3) is 0 Å². The SMILES string of the molecule is Cc1cc(Cl)c(OCCCN(C)C)c(Br)c1.O=C(O)C(=O)O. The van der Waals surface area contributed by atoms with E-state index in [1.807, 2.05) is 19.1 Å². The molecule has 6 nitrogen and oxygen atoms in total. The maximum absolute atomic E-state index is 9.10. The predicted molar refractivity (Wildman–Crippen MR) is 87.8 cm³/mol. The molecule has 8 heteroatoms. The Kier molecular flexibility index (Phi) is 9.80. The number of nitrogens with zero attached hydrogens (tertiary/aromatic N) is 1. The Labute approximate surface area is 142 Å². The van der Waals surface area contributed by atoms with Gasteiger partial charge in [0.25, 0.3) is 0 Å². The van der Waals surface area contributed by atoms with Crippen LogP contribution in [0.4, 0.5) is 0 Å². The average Bonchev–Trinajstić information content (AvgIpc) is 2.36. The first-order valence-corrected chi connectivity index (χ1v) is 7.51. The van der Waals surface area contributed by atoms with E-state index in [0.29, 0.717) is 11.6 Å². The minimum absolute atomic E-state index is 0.664. The number of hydrogen-bond acceptors (Lipinski definition) is 4. The van der Waals surface area contributed by atoms with Crippen LogP contribution in [0.3, 0.4) is 0 Å². The fraction of sp³-hybridized carbons (Fsp3) is 0.429. The highest BCUT2D eigenvalue weighted by molar-refractivity contribution is 9.10. The smallest absolute Gasteiger partial charge is 0.414 e. The summed E-state index contributed by atoms with van der Waals surface area (Å²) in [6.07, 6.45) is 0.990. The Morgan fingerprint density at radius 1 is 1.27 bits per heavy atom. The van der Waals surface area contributed by atoms with E-state index in [1.54, 1.807) is 0 Å². The van der Waals surface area contributed by atoms with Gasteiger partial charge in [0.05, 0.1) is 16.1 Å². The van der Waals surface area contributed by atoms with E-state index in [0.717, 1.165) is 28.8 Å². The zero-order chi connectivity index (χ0) is 17.3. The van der Waals surface area contributed by atoms with Crippen molar-refractivity contribution in [1.29, 1.82) is 0 Å². The van der Waals surface area contributed by atoms with Crippen LogP contribution in [0.15, 0.2) is 16.6 Å². The van der Waals surface area contributed by atoms with Gasteiger partial charge in [0, 0.05) is 6.54 Å². The number of carboxylic acids is 2. The van der Waals surface area contributed by atoms with Crippen LogP contribution in [0.5, 0.6) is 5.75 Å². The number of halogens is 2. The molecule has 0 aliphatic carbocycles. The molecule has 1 rings (SSSR count). The quantitative estimate of drug-likeness (QED) is 0.588. The lowest BCUT2D eigenvalue weighted by atomic mass is 10.2. The Morgan fingerprint density at radius 3 is 2.23 bits per heavy atom. The van der Waals surface area contributed by atoms with Crippen molar-refractivity contribution in [3.8, 4) is 5.75 Å². The largest absolute Gasteiger partial charge is 0.491 e. The van der Waals surface area contributed by atoms with Crippen molar-refractivity contribution < 1.29 is 24.5 Å². The molecule has 0 aromatic heterocycles.